The Balaban J connectivity index is 1.58. The minimum Gasteiger partial charge on any atom is -0.310 e. The van der Waals surface area contributed by atoms with Gasteiger partial charge in [-0.1, -0.05) is 41.9 Å². The molecule has 1 fully saturated rings. The van der Waals surface area contributed by atoms with Crippen molar-refractivity contribution < 1.29 is 9.59 Å². The van der Waals surface area contributed by atoms with Crippen molar-refractivity contribution in [2.45, 2.75) is 18.5 Å². The molecular formula is C24H20ClN3O2. The van der Waals surface area contributed by atoms with Crippen LogP contribution in [-0.4, -0.2) is 39.7 Å². The molecule has 3 heterocycles. The molecule has 1 saturated heterocycles. The zero-order valence-corrected chi connectivity index (χ0v) is 17.0. The van der Waals surface area contributed by atoms with Crippen LogP contribution < -0.4 is 0 Å². The summed E-state index contributed by atoms with van der Waals surface area (Å²) < 4.78 is 0. The van der Waals surface area contributed by atoms with Crippen LogP contribution >= 0.6 is 11.6 Å². The summed E-state index contributed by atoms with van der Waals surface area (Å²) in [6, 6.07) is 18.9. The molecule has 0 saturated carbocycles. The van der Waals surface area contributed by atoms with E-state index >= 15 is 0 Å². The molecule has 150 valence electrons. The van der Waals surface area contributed by atoms with E-state index in [2.05, 4.69) is 4.98 Å². The van der Waals surface area contributed by atoms with Crippen molar-refractivity contribution in [3.63, 3.8) is 0 Å². The van der Waals surface area contributed by atoms with Gasteiger partial charge in [-0.2, -0.15) is 0 Å². The van der Waals surface area contributed by atoms with Crippen molar-refractivity contribution >= 4 is 23.4 Å². The molecule has 2 aliphatic rings. The Morgan fingerprint density at radius 3 is 2.50 bits per heavy atom. The van der Waals surface area contributed by atoms with E-state index < -0.39 is 5.66 Å². The van der Waals surface area contributed by atoms with Gasteiger partial charge in [0, 0.05) is 53.6 Å². The maximum absolute atomic E-state index is 13.5. The number of carbonyl (C=O) groups is 2. The van der Waals surface area contributed by atoms with E-state index in [9.17, 15) is 9.59 Å². The molecule has 5 nitrogen and oxygen atoms in total. The second-order valence-electron chi connectivity index (χ2n) is 7.58. The molecule has 0 spiro atoms. The van der Waals surface area contributed by atoms with Crippen LogP contribution in [0.4, 0.5) is 0 Å². The molecule has 3 aromatic rings. The van der Waals surface area contributed by atoms with Crippen molar-refractivity contribution in [1.29, 1.82) is 0 Å². The van der Waals surface area contributed by atoms with Gasteiger partial charge in [-0.25, -0.2) is 0 Å². The summed E-state index contributed by atoms with van der Waals surface area (Å²) >= 11 is 6.14. The fourth-order valence-corrected chi connectivity index (χ4v) is 4.84. The smallest absolute Gasteiger partial charge is 0.256 e. The highest BCUT2D eigenvalue weighted by Crippen LogP contribution is 2.49. The molecule has 2 aromatic carbocycles. The van der Waals surface area contributed by atoms with Crippen LogP contribution in [0.1, 0.15) is 33.5 Å². The van der Waals surface area contributed by atoms with Crippen LogP contribution in [0.25, 0.3) is 0 Å². The van der Waals surface area contributed by atoms with Crippen molar-refractivity contribution in [2.24, 2.45) is 0 Å². The summed E-state index contributed by atoms with van der Waals surface area (Å²) in [6.45, 7) is 0.995. The largest absolute Gasteiger partial charge is 0.310 e. The number of halogens is 1. The van der Waals surface area contributed by atoms with E-state index in [-0.39, 0.29) is 11.8 Å². The van der Waals surface area contributed by atoms with E-state index in [0.29, 0.717) is 36.5 Å². The lowest BCUT2D eigenvalue weighted by Gasteiger charge is -2.40. The molecule has 1 unspecified atom stereocenters. The Hall–Kier alpha value is -3.18. The van der Waals surface area contributed by atoms with Gasteiger partial charge in [-0.05, 0) is 42.3 Å². The number of pyridine rings is 1. The first-order chi connectivity index (χ1) is 14.6. The molecule has 2 amide bonds. The Bertz CT molecular complexity index is 1120. The first kappa shape index (κ1) is 18.8. The summed E-state index contributed by atoms with van der Waals surface area (Å²) in [6.07, 6.45) is 4.46. The summed E-state index contributed by atoms with van der Waals surface area (Å²) in [5.41, 5.74) is 2.53. The predicted molar refractivity (Wildman–Crippen MR) is 114 cm³/mol. The second-order valence-corrected chi connectivity index (χ2v) is 8.02. The summed E-state index contributed by atoms with van der Waals surface area (Å²) in [4.78, 5) is 34.4. The first-order valence-electron chi connectivity index (χ1n) is 9.99. The molecule has 1 aromatic heterocycles. The number of hydrogen-bond acceptors (Lipinski definition) is 3. The number of rotatable bonds is 4. The zero-order chi connectivity index (χ0) is 20.7. The molecular weight excluding hydrogens is 398 g/mol. The van der Waals surface area contributed by atoms with E-state index in [1.54, 1.807) is 12.4 Å². The third kappa shape index (κ3) is 2.73. The minimum atomic E-state index is -0.923. The fourth-order valence-electron chi connectivity index (χ4n) is 4.72. The highest BCUT2D eigenvalue weighted by molar-refractivity contribution is 6.30. The molecule has 1 atom stereocenters. The zero-order valence-electron chi connectivity index (χ0n) is 16.3. The topological polar surface area (TPSA) is 53.5 Å². The highest BCUT2D eigenvalue weighted by atomic mass is 35.5. The van der Waals surface area contributed by atoms with Gasteiger partial charge >= 0.3 is 0 Å². The highest BCUT2D eigenvalue weighted by Gasteiger charge is 2.59. The van der Waals surface area contributed by atoms with Gasteiger partial charge in [0.05, 0.1) is 0 Å². The van der Waals surface area contributed by atoms with Crippen LogP contribution in [0.15, 0.2) is 73.1 Å². The van der Waals surface area contributed by atoms with E-state index in [0.717, 1.165) is 16.7 Å². The third-order valence-electron chi connectivity index (χ3n) is 6.03. The molecule has 0 radical (unpaired) electrons. The van der Waals surface area contributed by atoms with Crippen LogP contribution in [0.3, 0.4) is 0 Å². The van der Waals surface area contributed by atoms with Gasteiger partial charge in [0.15, 0.2) is 5.66 Å². The Labute approximate surface area is 179 Å². The number of hydrogen-bond donors (Lipinski definition) is 0. The van der Waals surface area contributed by atoms with Crippen molar-refractivity contribution in [1.82, 2.24) is 14.8 Å². The molecule has 30 heavy (non-hydrogen) atoms. The molecule has 0 aliphatic carbocycles. The quantitative estimate of drug-likeness (QED) is 0.647. The van der Waals surface area contributed by atoms with Gasteiger partial charge in [-0.3, -0.25) is 14.6 Å². The molecule has 0 N–H and O–H groups in total. The lowest BCUT2D eigenvalue weighted by Crippen LogP contribution is -2.51. The van der Waals surface area contributed by atoms with Gasteiger partial charge in [-0.15, -0.1) is 0 Å². The van der Waals surface area contributed by atoms with Gasteiger partial charge in [0.2, 0.25) is 5.91 Å². The molecule has 2 aliphatic heterocycles. The van der Waals surface area contributed by atoms with Gasteiger partial charge in [0.25, 0.3) is 5.91 Å². The van der Waals surface area contributed by atoms with Gasteiger partial charge < -0.3 is 9.80 Å². The maximum Gasteiger partial charge on any atom is 0.256 e. The van der Waals surface area contributed by atoms with E-state index in [1.807, 2.05) is 70.5 Å². The molecule has 0 bridgehead atoms. The molecule has 5 rings (SSSR count). The summed E-state index contributed by atoms with van der Waals surface area (Å²) in [7, 11) is 0. The number of fused-ring (bicyclic) bond motifs is 3. The number of aromatic nitrogens is 1. The predicted octanol–water partition coefficient (Wildman–Crippen LogP) is 3.87. The van der Waals surface area contributed by atoms with E-state index in [1.165, 1.54) is 0 Å². The first-order valence-corrected chi connectivity index (χ1v) is 10.4. The third-order valence-corrected chi connectivity index (χ3v) is 6.28. The van der Waals surface area contributed by atoms with Crippen LogP contribution in [0, 0.1) is 0 Å². The van der Waals surface area contributed by atoms with E-state index in [4.69, 9.17) is 11.6 Å². The Morgan fingerprint density at radius 2 is 1.73 bits per heavy atom. The van der Waals surface area contributed by atoms with Crippen LogP contribution in [-0.2, 0) is 16.9 Å². The maximum atomic E-state index is 13.5. The van der Waals surface area contributed by atoms with Crippen LogP contribution in [0.2, 0.25) is 5.02 Å². The lowest BCUT2D eigenvalue weighted by molar-refractivity contribution is -0.136. The average molecular weight is 418 g/mol. The Kier molecular flexibility index (Phi) is 4.55. The summed E-state index contributed by atoms with van der Waals surface area (Å²) in [5.74, 6) is -0.0150. The Morgan fingerprint density at radius 1 is 1.00 bits per heavy atom. The summed E-state index contributed by atoms with van der Waals surface area (Å²) in [5, 5.41) is 0.618. The lowest BCUT2D eigenvalue weighted by atomic mass is 9.89. The fraction of sp³-hybridized carbons (Fsp3) is 0.208. The number of carbonyl (C=O) groups excluding carboxylic acids is 2. The monoisotopic (exact) mass is 417 g/mol. The van der Waals surface area contributed by atoms with Crippen molar-refractivity contribution in [3.8, 4) is 0 Å². The number of benzene rings is 2. The number of aryl methyl sites for hydroxylation is 1. The normalized spacial score (nSPS) is 19.7. The van der Waals surface area contributed by atoms with Crippen LogP contribution in [0.5, 0.6) is 0 Å². The van der Waals surface area contributed by atoms with Crippen molar-refractivity contribution in [2.75, 3.05) is 13.1 Å². The number of nitrogens with zero attached hydrogens (tertiary/aromatic N) is 3. The van der Waals surface area contributed by atoms with Gasteiger partial charge in [0.1, 0.15) is 0 Å². The average Bonchev–Trinajstić information content (AvgIpc) is 3.29. The minimum absolute atomic E-state index is 0.0220. The van der Waals surface area contributed by atoms with Crippen molar-refractivity contribution in [3.05, 3.63) is 100 Å². The number of amides is 2. The standard InChI is InChI=1S/C24H20ClN3O2/c25-19-8-6-18(7-9-19)24-21-4-2-1-3-20(21)23(30)28(24)16-15-27(24)22(29)10-5-17-11-13-26-14-12-17/h1-4,6-9,11-14H,5,10,15-16H2. The molecule has 6 heteroatoms. The SMILES string of the molecule is O=C(CCc1ccncc1)N1CCN2C(=O)c3ccccc3C12c1ccc(Cl)cc1. The second kappa shape index (κ2) is 7.26.